The zero-order valence-electron chi connectivity index (χ0n) is 19.9. The van der Waals surface area contributed by atoms with Crippen molar-refractivity contribution in [3.63, 3.8) is 0 Å². The minimum absolute atomic E-state index is 0.0719. The van der Waals surface area contributed by atoms with E-state index in [1.807, 2.05) is 18.2 Å². The maximum atomic E-state index is 13.9. The molecule has 186 valence electrons. The summed E-state index contributed by atoms with van der Waals surface area (Å²) in [6.45, 7) is 1.88. The molecular formula is C29H21F4N3O. The van der Waals surface area contributed by atoms with Crippen LogP contribution in [0, 0.1) is 17.1 Å². The molecule has 2 aromatic carbocycles. The molecular weight excluding hydrogens is 482 g/mol. The number of aromatic nitrogens is 2. The highest BCUT2D eigenvalue weighted by Crippen LogP contribution is 2.44. The number of ether oxygens (including phenoxy) is 1. The van der Waals surface area contributed by atoms with Gasteiger partial charge in [0, 0.05) is 41.3 Å². The third-order valence-electron chi connectivity index (χ3n) is 7.00. The summed E-state index contributed by atoms with van der Waals surface area (Å²) in [5, 5.41) is 9.67. The molecule has 0 N–H and O–H groups in total. The number of halogens is 4. The van der Waals surface area contributed by atoms with Crippen molar-refractivity contribution in [1.29, 1.82) is 5.26 Å². The Labute approximate surface area is 210 Å². The van der Waals surface area contributed by atoms with Crippen LogP contribution in [0.4, 0.5) is 17.6 Å². The van der Waals surface area contributed by atoms with Gasteiger partial charge in [0.05, 0.1) is 23.0 Å². The Morgan fingerprint density at radius 1 is 1.14 bits per heavy atom. The predicted octanol–water partition coefficient (Wildman–Crippen LogP) is 7.20. The molecule has 4 nitrogen and oxygen atoms in total. The highest BCUT2D eigenvalue weighted by molar-refractivity contribution is 5.88. The zero-order chi connectivity index (χ0) is 25.9. The van der Waals surface area contributed by atoms with Crippen molar-refractivity contribution in [2.75, 3.05) is 0 Å². The van der Waals surface area contributed by atoms with Crippen LogP contribution < -0.4 is 4.74 Å². The number of allylic oxidation sites excluding steroid dienone is 1. The van der Waals surface area contributed by atoms with E-state index >= 15 is 0 Å². The lowest BCUT2D eigenvalue weighted by atomic mass is 9.89. The van der Waals surface area contributed by atoms with Crippen molar-refractivity contribution in [2.24, 2.45) is 0 Å². The van der Waals surface area contributed by atoms with Gasteiger partial charge in [-0.3, -0.25) is 0 Å². The number of hydrogen-bond donors (Lipinski definition) is 0. The highest BCUT2D eigenvalue weighted by Gasteiger charge is 2.37. The molecule has 0 atom stereocenters. The van der Waals surface area contributed by atoms with Crippen molar-refractivity contribution < 1.29 is 22.3 Å². The Morgan fingerprint density at radius 3 is 2.65 bits per heavy atom. The number of pyridine rings is 1. The van der Waals surface area contributed by atoms with E-state index in [9.17, 15) is 22.8 Å². The Kier molecular flexibility index (Phi) is 5.34. The molecule has 0 unspecified atom stereocenters. The summed E-state index contributed by atoms with van der Waals surface area (Å²) in [6, 6.07) is 14.7. The van der Waals surface area contributed by atoms with E-state index < -0.39 is 17.6 Å². The van der Waals surface area contributed by atoms with Crippen LogP contribution in [0.1, 0.15) is 64.9 Å². The van der Waals surface area contributed by atoms with E-state index in [0.29, 0.717) is 34.6 Å². The van der Waals surface area contributed by atoms with Gasteiger partial charge in [0.15, 0.2) is 0 Å². The standard InChI is InChI=1S/C29H21F4N3O/c1-16(14-34)26-21-8-4-17(11-19(21)15-37-25-13-20(30)7-9-22(25)26)12-24-27(18-5-6-18)35-28-23(29(31,32)33)3-2-10-36(24)28/h2-4,7-11,13,18H,5-6,12,15H2,1H3. The van der Waals surface area contributed by atoms with Gasteiger partial charge < -0.3 is 9.14 Å². The van der Waals surface area contributed by atoms with E-state index in [4.69, 9.17) is 4.74 Å². The normalized spacial score (nSPS) is 16.4. The average Bonchev–Trinajstić information content (AvgIpc) is 3.67. The Hall–Kier alpha value is -4.12. The lowest BCUT2D eigenvalue weighted by Gasteiger charge is -2.13. The molecule has 3 heterocycles. The van der Waals surface area contributed by atoms with Crippen LogP contribution in [0.2, 0.25) is 0 Å². The Morgan fingerprint density at radius 2 is 1.92 bits per heavy atom. The molecule has 4 aromatic rings. The van der Waals surface area contributed by atoms with Crippen LogP contribution >= 0.6 is 0 Å². The van der Waals surface area contributed by atoms with Gasteiger partial charge in [0.1, 0.15) is 23.8 Å². The second kappa shape index (κ2) is 8.48. The fourth-order valence-electron chi connectivity index (χ4n) is 5.11. The summed E-state index contributed by atoms with van der Waals surface area (Å²) in [6.07, 6.45) is -0.657. The summed E-state index contributed by atoms with van der Waals surface area (Å²) < 4.78 is 62.5. The van der Waals surface area contributed by atoms with E-state index in [2.05, 4.69) is 11.1 Å². The van der Waals surface area contributed by atoms with Gasteiger partial charge in [-0.25, -0.2) is 9.37 Å². The molecule has 1 saturated carbocycles. The molecule has 0 amide bonds. The van der Waals surface area contributed by atoms with Crippen molar-refractivity contribution in [2.45, 2.75) is 44.9 Å². The molecule has 0 spiro atoms. The zero-order valence-corrected chi connectivity index (χ0v) is 19.9. The van der Waals surface area contributed by atoms with Crippen molar-refractivity contribution in [3.05, 3.63) is 105 Å². The van der Waals surface area contributed by atoms with Crippen LogP contribution in [0.25, 0.3) is 11.2 Å². The lowest BCUT2D eigenvalue weighted by molar-refractivity contribution is -0.136. The summed E-state index contributed by atoms with van der Waals surface area (Å²) in [7, 11) is 0. The van der Waals surface area contributed by atoms with Crippen LogP contribution in [0.15, 0.2) is 60.3 Å². The van der Waals surface area contributed by atoms with Crippen molar-refractivity contribution in [1.82, 2.24) is 9.38 Å². The van der Waals surface area contributed by atoms with E-state index in [0.717, 1.165) is 41.3 Å². The first-order chi connectivity index (χ1) is 17.7. The van der Waals surface area contributed by atoms with Gasteiger partial charge in [-0.2, -0.15) is 18.4 Å². The molecule has 1 fully saturated rings. The third-order valence-corrected chi connectivity index (χ3v) is 7.00. The number of imidazole rings is 1. The number of fused-ring (bicyclic) bond motifs is 3. The second-order valence-electron chi connectivity index (χ2n) is 9.54. The predicted molar refractivity (Wildman–Crippen MR) is 129 cm³/mol. The van der Waals surface area contributed by atoms with Crippen LogP contribution in [0.3, 0.4) is 0 Å². The van der Waals surface area contributed by atoms with Gasteiger partial charge in [-0.15, -0.1) is 0 Å². The number of alkyl halides is 3. The van der Waals surface area contributed by atoms with Crippen LogP contribution in [-0.4, -0.2) is 9.38 Å². The minimum Gasteiger partial charge on any atom is -0.488 e. The summed E-state index contributed by atoms with van der Waals surface area (Å²) >= 11 is 0. The number of hydrogen-bond acceptors (Lipinski definition) is 3. The SMILES string of the molecule is CC(C#N)=C1c2ccc(Cc3c(C4CC4)nc4c(C(F)(F)F)cccn34)cc2COc2cc(F)ccc21. The van der Waals surface area contributed by atoms with Crippen LogP contribution in [0.5, 0.6) is 5.75 Å². The monoisotopic (exact) mass is 503 g/mol. The molecule has 0 saturated heterocycles. The molecule has 2 aromatic heterocycles. The largest absolute Gasteiger partial charge is 0.488 e. The molecule has 0 bridgehead atoms. The summed E-state index contributed by atoms with van der Waals surface area (Å²) in [5.74, 6) is 0.0926. The van der Waals surface area contributed by atoms with Crippen LogP contribution in [-0.2, 0) is 19.2 Å². The fourth-order valence-corrected chi connectivity index (χ4v) is 5.11. The van der Waals surface area contributed by atoms with Crippen molar-refractivity contribution in [3.8, 4) is 11.8 Å². The van der Waals surface area contributed by atoms with Gasteiger partial charge in [-0.1, -0.05) is 18.2 Å². The highest BCUT2D eigenvalue weighted by atomic mass is 19.4. The first-order valence-electron chi connectivity index (χ1n) is 12.0. The molecule has 8 heteroatoms. The lowest BCUT2D eigenvalue weighted by Crippen LogP contribution is -2.08. The van der Waals surface area contributed by atoms with Gasteiger partial charge in [0.2, 0.25) is 0 Å². The van der Waals surface area contributed by atoms with Crippen molar-refractivity contribution >= 4 is 11.2 Å². The third kappa shape index (κ3) is 4.05. The van der Waals surface area contributed by atoms with Gasteiger partial charge in [-0.05, 0) is 60.7 Å². The first-order valence-corrected chi connectivity index (χ1v) is 12.0. The molecule has 37 heavy (non-hydrogen) atoms. The van der Waals surface area contributed by atoms with E-state index in [1.165, 1.54) is 18.2 Å². The molecule has 0 radical (unpaired) electrons. The van der Waals surface area contributed by atoms with Gasteiger partial charge in [0.25, 0.3) is 0 Å². The van der Waals surface area contributed by atoms with E-state index in [1.54, 1.807) is 23.6 Å². The summed E-state index contributed by atoms with van der Waals surface area (Å²) in [5.41, 5.74) is 4.95. The smallest absolute Gasteiger partial charge is 0.419 e. The minimum atomic E-state index is -4.50. The fraction of sp³-hybridized carbons (Fsp3) is 0.241. The first kappa shape index (κ1) is 23.3. The maximum Gasteiger partial charge on any atom is 0.419 e. The Balaban J connectivity index is 1.45. The maximum absolute atomic E-state index is 13.9. The summed E-state index contributed by atoms with van der Waals surface area (Å²) in [4.78, 5) is 4.46. The number of rotatable bonds is 3. The quantitative estimate of drug-likeness (QED) is 0.220. The molecule has 1 aliphatic heterocycles. The number of nitriles is 1. The van der Waals surface area contributed by atoms with E-state index in [-0.39, 0.29) is 18.2 Å². The molecule has 1 aliphatic carbocycles. The molecule has 2 aliphatic rings. The number of benzene rings is 2. The number of nitrogens with zero attached hydrogens (tertiary/aromatic N) is 3. The average molecular weight is 503 g/mol. The topological polar surface area (TPSA) is 50.3 Å². The second-order valence-corrected chi connectivity index (χ2v) is 9.54. The molecule has 6 rings (SSSR count). The Bertz CT molecular complexity index is 1640. The van der Waals surface area contributed by atoms with Gasteiger partial charge >= 0.3 is 6.18 Å².